The minimum atomic E-state index is -4.58. The molecule has 0 bridgehead atoms. The number of benzene rings is 1. The molecule has 5 nitrogen and oxygen atoms in total. The molecule has 1 aliphatic rings. The molecule has 2 N–H and O–H groups in total. The maximum atomic E-state index is 12.8. The SMILES string of the molecule is NC(=O)C1Cc2ccccc2CN1c1nccc(C(F)(F)F)n1. The number of nitrogens with zero attached hydrogens (tertiary/aromatic N) is 3. The van der Waals surface area contributed by atoms with E-state index in [2.05, 4.69) is 9.97 Å². The number of fused-ring (bicyclic) bond motifs is 1. The quantitative estimate of drug-likeness (QED) is 0.917. The number of hydrogen-bond acceptors (Lipinski definition) is 4. The first-order valence-electron chi connectivity index (χ1n) is 6.89. The average molecular weight is 322 g/mol. The van der Waals surface area contributed by atoms with Crippen LogP contribution in [-0.4, -0.2) is 21.9 Å². The Labute approximate surface area is 130 Å². The summed E-state index contributed by atoms with van der Waals surface area (Å²) in [5.41, 5.74) is 6.22. The van der Waals surface area contributed by atoms with E-state index in [1.165, 1.54) is 4.90 Å². The van der Waals surface area contributed by atoms with E-state index in [9.17, 15) is 18.0 Å². The van der Waals surface area contributed by atoms with Gasteiger partial charge in [-0.15, -0.1) is 0 Å². The first-order chi connectivity index (χ1) is 10.9. The van der Waals surface area contributed by atoms with E-state index in [0.717, 1.165) is 23.4 Å². The number of carbonyl (C=O) groups excluding carboxylic acids is 1. The summed E-state index contributed by atoms with van der Waals surface area (Å²) in [4.78, 5) is 20.6. The first kappa shape index (κ1) is 15.3. The monoisotopic (exact) mass is 322 g/mol. The number of rotatable bonds is 2. The summed E-state index contributed by atoms with van der Waals surface area (Å²) < 4.78 is 38.5. The van der Waals surface area contributed by atoms with Crippen LogP contribution in [0, 0.1) is 0 Å². The molecule has 1 unspecified atom stereocenters. The molecule has 0 fully saturated rings. The predicted molar refractivity (Wildman–Crippen MR) is 76.3 cm³/mol. The van der Waals surface area contributed by atoms with Crippen LogP contribution in [-0.2, 0) is 23.9 Å². The summed E-state index contributed by atoms with van der Waals surface area (Å²) in [6.45, 7) is 0.227. The standard InChI is InChI=1S/C15H13F3N4O/c16-15(17,18)12-5-6-20-14(21-12)22-8-10-4-2-1-3-9(10)7-11(22)13(19)23/h1-6,11H,7-8H2,(H2,19,23). The van der Waals surface area contributed by atoms with Gasteiger partial charge in [-0.05, 0) is 17.2 Å². The van der Waals surface area contributed by atoms with Crippen molar-refractivity contribution in [3.05, 3.63) is 53.3 Å². The Morgan fingerprint density at radius 1 is 1.22 bits per heavy atom. The number of anilines is 1. The van der Waals surface area contributed by atoms with E-state index in [0.29, 0.717) is 6.42 Å². The second kappa shape index (κ2) is 5.53. The normalized spacial score (nSPS) is 17.7. The van der Waals surface area contributed by atoms with Crippen molar-refractivity contribution in [2.75, 3.05) is 4.90 Å². The smallest absolute Gasteiger partial charge is 0.368 e. The molecular formula is C15H13F3N4O. The van der Waals surface area contributed by atoms with Crippen molar-refractivity contribution in [1.29, 1.82) is 0 Å². The molecule has 1 aromatic carbocycles. The van der Waals surface area contributed by atoms with Gasteiger partial charge < -0.3 is 10.6 Å². The van der Waals surface area contributed by atoms with Crippen molar-refractivity contribution < 1.29 is 18.0 Å². The number of halogens is 3. The summed E-state index contributed by atoms with van der Waals surface area (Å²) in [5.74, 6) is -0.779. The van der Waals surface area contributed by atoms with Gasteiger partial charge in [-0.1, -0.05) is 24.3 Å². The van der Waals surface area contributed by atoms with Crippen molar-refractivity contribution in [3.8, 4) is 0 Å². The fraction of sp³-hybridized carbons (Fsp3) is 0.267. The van der Waals surface area contributed by atoms with Gasteiger partial charge in [-0.25, -0.2) is 9.97 Å². The van der Waals surface area contributed by atoms with Gasteiger partial charge in [0.25, 0.3) is 0 Å². The Balaban J connectivity index is 2.02. The Bertz CT molecular complexity index is 747. The molecule has 3 rings (SSSR count). The third-order valence-corrected chi connectivity index (χ3v) is 3.77. The summed E-state index contributed by atoms with van der Waals surface area (Å²) in [5, 5.41) is 0. The maximum absolute atomic E-state index is 12.8. The lowest BCUT2D eigenvalue weighted by molar-refractivity contribution is -0.141. The highest BCUT2D eigenvalue weighted by atomic mass is 19.4. The predicted octanol–water partition coefficient (Wildman–Crippen LogP) is 1.91. The lowest BCUT2D eigenvalue weighted by Crippen LogP contribution is -2.49. The average Bonchev–Trinajstić information content (AvgIpc) is 2.53. The number of carbonyl (C=O) groups is 1. The summed E-state index contributed by atoms with van der Waals surface area (Å²) >= 11 is 0. The van der Waals surface area contributed by atoms with Crippen molar-refractivity contribution >= 4 is 11.9 Å². The van der Waals surface area contributed by atoms with Crippen LogP contribution in [0.3, 0.4) is 0 Å². The van der Waals surface area contributed by atoms with Crippen LogP contribution in [0.25, 0.3) is 0 Å². The van der Waals surface area contributed by atoms with Crippen LogP contribution < -0.4 is 10.6 Å². The zero-order valence-electron chi connectivity index (χ0n) is 11.9. The van der Waals surface area contributed by atoms with Crippen LogP contribution in [0.5, 0.6) is 0 Å². The van der Waals surface area contributed by atoms with Gasteiger partial charge in [-0.3, -0.25) is 4.79 Å². The van der Waals surface area contributed by atoms with E-state index in [4.69, 9.17) is 5.73 Å². The summed E-state index contributed by atoms with van der Waals surface area (Å²) in [6.07, 6.45) is -3.23. The molecule has 1 amide bonds. The van der Waals surface area contributed by atoms with Gasteiger partial charge in [0, 0.05) is 19.2 Å². The number of nitrogens with two attached hydrogens (primary N) is 1. The van der Waals surface area contributed by atoms with Crippen LogP contribution in [0.4, 0.5) is 19.1 Å². The van der Waals surface area contributed by atoms with Crippen molar-refractivity contribution in [1.82, 2.24) is 9.97 Å². The van der Waals surface area contributed by atoms with E-state index < -0.39 is 23.8 Å². The van der Waals surface area contributed by atoms with Crippen LogP contribution in [0.1, 0.15) is 16.8 Å². The van der Waals surface area contributed by atoms with E-state index >= 15 is 0 Å². The van der Waals surface area contributed by atoms with Gasteiger partial charge in [0.05, 0.1) is 0 Å². The molecule has 120 valence electrons. The topological polar surface area (TPSA) is 72.1 Å². The highest BCUT2D eigenvalue weighted by Crippen LogP contribution is 2.30. The molecule has 0 saturated carbocycles. The molecule has 1 aromatic heterocycles. The van der Waals surface area contributed by atoms with Crippen LogP contribution in [0.2, 0.25) is 0 Å². The van der Waals surface area contributed by atoms with Crippen molar-refractivity contribution in [2.45, 2.75) is 25.2 Å². The van der Waals surface area contributed by atoms with E-state index in [1.54, 1.807) is 0 Å². The molecule has 1 aliphatic heterocycles. The van der Waals surface area contributed by atoms with Gasteiger partial charge in [-0.2, -0.15) is 13.2 Å². The number of alkyl halides is 3. The van der Waals surface area contributed by atoms with Crippen LogP contribution in [0.15, 0.2) is 36.5 Å². The van der Waals surface area contributed by atoms with Crippen LogP contribution >= 0.6 is 0 Å². The summed E-state index contributed by atoms with van der Waals surface area (Å²) in [7, 11) is 0. The molecule has 8 heteroatoms. The third kappa shape index (κ3) is 2.96. The highest BCUT2D eigenvalue weighted by molar-refractivity contribution is 5.84. The van der Waals surface area contributed by atoms with Crippen molar-refractivity contribution in [2.24, 2.45) is 5.73 Å². The van der Waals surface area contributed by atoms with Gasteiger partial charge >= 0.3 is 6.18 Å². The van der Waals surface area contributed by atoms with E-state index in [-0.39, 0.29) is 12.5 Å². The molecule has 0 saturated heterocycles. The molecule has 0 radical (unpaired) electrons. The molecule has 0 spiro atoms. The fourth-order valence-electron chi connectivity index (χ4n) is 2.63. The fourth-order valence-corrected chi connectivity index (χ4v) is 2.63. The Morgan fingerprint density at radius 3 is 2.57 bits per heavy atom. The number of hydrogen-bond donors (Lipinski definition) is 1. The number of primary amides is 1. The highest BCUT2D eigenvalue weighted by Gasteiger charge is 2.36. The second-order valence-corrected chi connectivity index (χ2v) is 5.26. The molecule has 2 aromatic rings. The molecule has 2 heterocycles. The largest absolute Gasteiger partial charge is 0.433 e. The number of aromatic nitrogens is 2. The Hall–Kier alpha value is -2.64. The zero-order chi connectivity index (χ0) is 16.6. The minimum Gasteiger partial charge on any atom is -0.368 e. The Morgan fingerprint density at radius 2 is 1.91 bits per heavy atom. The van der Waals surface area contributed by atoms with Gasteiger partial charge in [0.2, 0.25) is 11.9 Å². The second-order valence-electron chi connectivity index (χ2n) is 5.26. The minimum absolute atomic E-state index is 0.155. The van der Waals surface area contributed by atoms with Gasteiger partial charge in [0.1, 0.15) is 11.7 Å². The zero-order valence-corrected chi connectivity index (χ0v) is 11.9. The van der Waals surface area contributed by atoms with Crippen molar-refractivity contribution in [3.63, 3.8) is 0 Å². The molecule has 0 aliphatic carbocycles. The Kier molecular flexibility index (Phi) is 3.67. The summed E-state index contributed by atoms with van der Waals surface area (Å²) in [6, 6.07) is 7.40. The molecular weight excluding hydrogens is 309 g/mol. The third-order valence-electron chi connectivity index (χ3n) is 3.77. The van der Waals surface area contributed by atoms with Gasteiger partial charge in [0.15, 0.2) is 0 Å². The molecule has 1 atom stereocenters. The first-order valence-corrected chi connectivity index (χ1v) is 6.89. The lowest BCUT2D eigenvalue weighted by Gasteiger charge is -2.35. The molecule has 23 heavy (non-hydrogen) atoms. The lowest BCUT2D eigenvalue weighted by atomic mass is 9.94. The maximum Gasteiger partial charge on any atom is 0.433 e. The number of amides is 1. The van der Waals surface area contributed by atoms with E-state index in [1.807, 2.05) is 24.3 Å².